The SMILES string of the molecule is COc1ccc(CCNC(=O)/C(C#N)=C/c2cc(C)ccc2C)cc1OC. The molecular weight excluding hydrogens is 340 g/mol. The molecule has 0 spiro atoms. The summed E-state index contributed by atoms with van der Waals surface area (Å²) in [6.45, 7) is 4.35. The van der Waals surface area contributed by atoms with Gasteiger partial charge in [0.05, 0.1) is 14.2 Å². The van der Waals surface area contributed by atoms with Gasteiger partial charge in [-0.25, -0.2) is 0 Å². The average molecular weight is 364 g/mol. The Morgan fingerprint density at radius 2 is 1.85 bits per heavy atom. The van der Waals surface area contributed by atoms with E-state index in [1.54, 1.807) is 20.3 Å². The Morgan fingerprint density at radius 1 is 1.11 bits per heavy atom. The first-order chi connectivity index (χ1) is 13.0. The van der Waals surface area contributed by atoms with Crippen molar-refractivity contribution in [2.24, 2.45) is 0 Å². The monoisotopic (exact) mass is 364 g/mol. The van der Waals surface area contributed by atoms with Crippen LogP contribution in [0.5, 0.6) is 11.5 Å². The normalized spacial score (nSPS) is 10.9. The molecule has 27 heavy (non-hydrogen) atoms. The van der Waals surface area contributed by atoms with Crippen LogP contribution in [0.4, 0.5) is 0 Å². The summed E-state index contributed by atoms with van der Waals surface area (Å²) in [5.74, 6) is 0.932. The molecule has 0 saturated heterocycles. The minimum atomic E-state index is -0.376. The number of methoxy groups -OCH3 is 2. The van der Waals surface area contributed by atoms with Crippen LogP contribution in [-0.2, 0) is 11.2 Å². The van der Waals surface area contributed by atoms with Crippen LogP contribution >= 0.6 is 0 Å². The Kier molecular flexibility index (Phi) is 7.01. The summed E-state index contributed by atoms with van der Waals surface area (Å²) in [5, 5.41) is 12.2. The van der Waals surface area contributed by atoms with E-state index >= 15 is 0 Å². The molecule has 0 aromatic heterocycles. The highest BCUT2D eigenvalue weighted by Crippen LogP contribution is 2.27. The summed E-state index contributed by atoms with van der Waals surface area (Å²) in [6.07, 6.45) is 2.25. The largest absolute Gasteiger partial charge is 0.493 e. The third-order valence-corrected chi connectivity index (χ3v) is 4.25. The lowest BCUT2D eigenvalue weighted by Gasteiger charge is -2.10. The van der Waals surface area contributed by atoms with Gasteiger partial charge in [0.25, 0.3) is 5.91 Å². The smallest absolute Gasteiger partial charge is 0.261 e. The van der Waals surface area contributed by atoms with Crippen molar-refractivity contribution in [2.75, 3.05) is 20.8 Å². The summed E-state index contributed by atoms with van der Waals surface area (Å²) in [7, 11) is 3.17. The second-order valence-corrected chi connectivity index (χ2v) is 6.23. The standard InChI is InChI=1S/C22H24N2O3/c1-15-5-6-16(2)18(11-15)13-19(14-23)22(25)24-10-9-17-7-8-20(26-3)21(12-17)27-4/h5-8,11-13H,9-10H2,1-4H3,(H,24,25)/b19-13+. The van der Waals surface area contributed by atoms with Gasteiger partial charge in [-0.1, -0.05) is 29.8 Å². The van der Waals surface area contributed by atoms with Crippen molar-refractivity contribution >= 4 is 12.0 Å². The van der Waals surface area contributed by atoms with Crippen molar-refractivity contribution in [1.82, 2.24) is 5.32 Å². The maximum Gasteiger partial charge on any atom is 0.261 e. The van der Waals surface area contributed by atoms with Crippen molar-refractivity contribution in [2.45, 2.75) is 20.3 Å². The summed E-state index contributed by atoms with van der Waals surface area (Å²) >= 11 is 0. The molecular formula is C22H24N2O3. The summed E-state index contributed by atoms with van der Waals surface area (Å²) < 4.78 is 10.5. The molecule has 0 atom stereocenters. The van der Waals surface area contributed by atoms with Crippen LogP contribution < -0.4 is 14.8 Å². The van der Waals surface area contributed by atoms with Crippen LogP contribution in [-0.4, -0.2) is 26.7 Å². The zero-order valence-corrected chi connectivity index (χ0v) is 16.1. The van der Waals surface area contributed by atoms with Crippen molar-refractivity contribution in [3.8, 4) is 17.6 Å². The highest BCUT2D eigenvalue weighted by Gasteiger charge is 2.10. The van der Waals surface area contributed by atoms with E-state index in [-0.39, 0.29) is 11.5 Å². The highest BCUT2D eigenvalue weighted by molar-refractivity contribution is 6.01. The second-order valence-electron chi connectivity index (χ2n) is 6.23. The zero-order chi connectivity index (χ0) is 19.8. The van der Waals surface area contributed by atoms with Crippen molar-refractivity contribution < 1.29 is 14.3 Å². The van der Waals surface area contributed by atoms with Gasteiger partial charge in [-0.2, -0.15) is 5.26 Å². The van der Waals surface area contributed by atoms with Gasteiger partial charge in [0.15, 0.2) is 11.5 Å². The molecule has 0 aliphatic carbocycles. The minimum Gasteiger partial charge on any atom is -0.493 e. The molecule has 140 valence electrons. The lowest BCUT2D eigenvalue weighted by atomic mass is 10.0. The fraction of sp³-hybridized carbons (Fsp3) is 0.273. The van der Waals surface area contributed by atoms with Crippen molar-refractivity contribution in [1.29, 1.82) is 5.26 Å². The lowest BCUT2D eigenvalue weighted by molar-refractivity contribution is -0.117. The maximum absolute atomic E-state index is 12.3. The van der Waals surface area contributed by atoms with E-state index in [0.29, 0.717) is 24.5 Å². The average Bonchev–Trinajstić information content (AvgIpc) is 2.68. The molecule has 0 unspecified atom stereocenters. The predicted octanol–water partition coefficient (Wildman–Crippen LogP) is 3.59. The number of aryl methyl sites for hydroxylation is 2. The number of hydrogen-bond acceptors (Lipinski definition) is 4. The number of nitriles is 1. The number of rotatable bonds is 7. The van der Waals surface area contributed by atoms with Gasteiger partial charge < -0.3 is 14.8 Å². The molecule has 0 bridgehead atoms. The number of ether oxygens (including phenoxy) is 2. The Hall–Kier alpha value is -3.26. The first-order valence-electron chi connectivity index (χ1n) is 8.66. The number of benzene rings is 2. The third-order valence-electron chi connectivity index (χ3n) is 4.25. The molecule has 0 radical (unpaired) electrons. The molecule has 0 aliphatic heterocycles. The van der Waals surface area contributed by atoms with Crippen LogP contribution in [0.2, 0.25) is 0 Å². The molecule has 5 heteroatoms. The van der Waals surface area contributed by atoms with Crippen LogP contribution in [0.3, 0.4) is 0 Å². The zero-order valence-electron chi connectivity index (χ0n) is 16.1. The third kappa shape index (κ3) is 5.35. The number of nitrogens with one attached hydrogen (secondary N) is 1. The maximum atomic E-state index is 12.3. The fourth-order valence-corrected chi connectivity index (χ4v) is 2.67. The topological polar surface area (TPSA) is 71.3 Å². The molecule has 0 saturated carbocycles. The van der Waals surface area contributed by atoms with E-state index in [4.69, 9.17) is 9.47 Å². The predicted molar refractivity (Wildman–Crippen MR) is 106 cm³/mol. The van der Waals surface area contributed by atoms with Crippen LogP contribution in [0.25, 0.3) is 6.08 Å². The van der Waals surface area contributed by atoms with Crippen LogP contribution in [0.15, 0.2) is 42.0 Å². The van der Waals surface area contributed by atoms with E-state index in [1.165, 1.54) is 0 Å². The highest BCUT2D eigenvalue weighted by atomic mass is 16.5. The van der Waals surface area contributed by atoms with E-state index in [0.717, 1.165) is 22.3 Å². The number of carbonyl (C=O) groups excluding carboxylic acids is 1. The Labute approximate surface area is 160 Å². The Morgan fingerprint density at radius 3 is 2.52 bits per heavy atom. The second kappa shape index (κ2) is 9.44. The first-order valence-corrected chi connectivity index (χ1v) is 8.66. The summed E-state index contributed by atoms with van der Waals surface area (Å²) in [4.78, 5) is 12.3. The quantitative estimate of drug-likeness (QED) is 0.602. The van der Waals surface area contributed by atoms with Gasteiger partial charge in [-0.05, 0) is 55.2 Å². The first kappa shape index (κ1) is 20.1. The number of amides is 1. The van der Waals surface area contributed by atoms with E-state index in [9.17, 15) is 10.1 Å². The van der Waals surface area contributed by atoms with E-state index in [2.05, 4.69) is 5.32 Å². The van der Waals surface area contributed by atoms with Crippen LogP contribution in [0, 0.1) is 25.2 Å². The van der Waals surface area contributed by atoms with Crippen molar-refractivity contribution in [3.05, 3.63) is 64.2 Å². The van der Waals surface area contributed by atoms with Crippen molar-refractivity contribution in [3.63, 3.8) is 0 Å². The van der Waals surface area contributed by atoms with Gasteiger partial charge in [0, 0.05) is 6.54 Å². The number of nitrogens with zero attached hydrogens (tertiary/aromatic N) is 1. The summed E-state index contributed by atoms with van der Waals surface area (Å²) in [5.41, 5.74) is 4.08. The Bertz CT molecular complexity index is 895. The Balaban J connectivity index is 2.03. The van der Waals surface area contributed by atoms with Gasteiger partial charge in [-0.3, -0.25) is 4.79 Å². The molecule has 2 rings (SSSR count). The van der Waals surface area contributed by atoms with Gasteiger partial charge in [0.1, 0.15) is 11.6 Å². The van der Waals surface area contributed by atoms with E-state index < -0.39 is 0 Å². The molecule has 1 amide bonds. The molecule has 2 aromatic carbocycles. The molecule has 0 heterocycles. The molecule has 5 nitrogen and oxygen atoms in total. The number of carbonyl (C=O) groups is 1. The minimum absolute atomic E-state index is 0.0935. The molecule has 0 aliphatic rings. The van der Waals surface area contributed by atoms with Crippen LogP contribution in [0.1, 0.15) is 22.3 Å². The van der Waals surface area contributed by atoms with Gasteiger partial charge >= 0.3 is 0 Å². The van der Waals surface area contributed by atoms with E-state index in [1.807, 2.05) is 56.3 Å². The fourth-order valence-electron chi connectivity index (χ4n) is 2.67. The number of hydrogen-bond donors (Lipinski definition) is 1. The molecule has 1 N–H and O–H groups in total. The van der Waals surface area contributed by atoms with Gasteiger partial charge in [-0.15, -0.1) is 0 Å². The molecule has 2 aromatic rings. The molecule has 0 fully saturated rings. The lowest BCUT2D eigenvalue weighted by Crippen LogP contribution is -2.26. The van der Waals surface area contributed by atoms with Gasteiger partial charge in [0.2, 0.25) is 0 Å². The summed E-state index contributed by atoms with van der Waals surface area (Å²) in [6, 6.07) is 13.6.